The third-order valence-electron chi connectivity index (χ3n) is 5.02. The van der Waals surface area contributed by atoms with Crippen molar-refractivity contribution < 1.29 is 18.7 Å². The number of carbonyl (C=O) groups excluding carboxylic acids is 1. The molecule has 0 radical (unpaired) electrons. The van der Waals surface area contributed by atoms with Crippen LogP contribution in [0.4, 0.5) is 4.39 Å². The first-order chi connectivity index (χ1) is 12.7. The number of rotatable bonds is 5. The zero-order chi connectivity index (χ0) is 18.0. The summed E-state index contributed by atoms with van der Waals surface area (Å²) in [6.07, 6.45) is 7.64. The van der Waals surface area contributed by atoms with Crippen molar-refractivity contribution in [3.63, 3.8) is 0 Å². The summed E-state index contributed by atoms with van der Waals surface area (Å²) < 4.78 is 25.0. The van der Waals surface area contributed by atoms with Crippen LogP contribution in [-0.2, 0) is 4.74 Å². The SMILES string of the molecule is O=C(c1cnccn1)N1CC2(C1)OCC[C@H]2CCOc1ncccc1F. The van der Waals surface area contributed by atoms with Crippen LogP contribution >= 0.6 is 0 Å². The molecule has 8 heteroatoms. The number of aromatic nitrogens is 3. The molecule has 2 aliphatic heterocycles. The molecule has 7 nitrogen and oxygen atoms in total. The van der Waals surface area contributed by atoms with Gasteiger partial charge in [-0.05, 0) is 30.9 Å². The minimum Gasteiger partial charge on any atom is -0.476 e. The van der Waals surface area contributed by atoms with Crippen LogP contribution in [0.25, 0.3) is 0 Å². The van der Waals surface area contributed by atoms with E-state index in [-0.39, 0.29) is 23.3 Å². The fraction of sp³-hybridized carbons (Fsp3) is 0.444. The van der Waals surface area contributed by atoms with Crippen LogP contribution in [0.5, 0.6) is 5.88 Å². The van der Waals surface area contributed by atoms with E-state index in [1.165, 1.54) is 36.9 Å². The number of likely N-dealkylation sites (tertiary alicyclic amines) is 1. The summed E-state index contributed by atoms with van der Waals surface area (Å²) in [5, 5.41) is 0. The van der Waals surface area contributed by atoms with E-state index in [9.17, 15) is 9.18 Å². The van der Waals surface area contributed by atoms with Gasteiger partial charge in [-0.2, -0.15) is 0 Å². The Bertz CT molecular complexity index is 783. The smallest absolute Gasteiger partial charge is 0.274 e. The van der Waals surface area contributed by atoms with Crippen LogP contribution < -0.4 is 4.74 Å². The number of halogens is 1. The maximum absolute atomic E-state index is 13.6. The molecule has 4 rings (SSSR count). The summed E-state index contributed by atoms with van der Waals surface area (Å²) in [6.45, 7) is 2.09. The Hall–Kier alpha value is -2.61. The molecule has 26 heavy (non-hydrogen) atoms. The van der Waals surface area contributed by atoms with Crippen molar-refractivity contribution in [3.05, 3.63) is 48.4 Å². The fourth-order valence-corrected chi connectivity index (χ4v) is 3.63. The molecule has 0 bridgehead atoms. The second kappa shape index (κ2) is 6.95. The summed E-state index contributed by atoms with van der Waals surface area (Å²) in [5.74, 6) is -0.312. The van der Waals surface area contributed by atoms with Crippen LogP contribution in [0.15, 0.2) is 36.9 Å². The van der Waals surface area contributed by atoms with E-state index in [0.29, 0.717) is 32.0 Å². The monoisotopic (exact) mass is 358 g/mol. The molecule has 0 N–H and O–H groups in total. The molecule has 0 unspecified atom stereocenters. The Morgan fingerprint density at radius 1 is 1.35 bits per heavy atom. The molecule has 2 aromatic rings. The zero-order valence-electron chi connectivity index (χ0n) is 14.2. The first-order valence-corrected chi connectivity index (χ1v) is 8.60. The quantitative estimate of drug-likeness (QED) is 0.810. The Balaban J connectivity index is 1.32. The Morgan fingerprint density at radius 2 is 2.23 bits per heavy atom. The second-order valence-electron chi connectivity index (χ2n) is 6.58. The average Bonchev–Trinajstić information content (AvgIpc) is 3.06. The number of amides is 1. The van der Waals surface area contributed by atoms with Crippen molar-refractivity contribution >= 4 is 5.91 Å². The van der Waals surface area contributed by atoms with Gasteiger partial charge in [0.25, 0.3) is 5.91 Å². The lowest BCUT2D eigenvalue weighted by atomic mass is 9.79. The molecule has 2 aliphatic rings. The Kier molecular flexibility index (Phi) is 4.50. The third kappa shape index (κ3) is 3.12. The van der Waals surface area contributed by atoms with Crippen molar-refractivity contribution in [2.75, 3.05) is 26.3 Å². The van der Waals surface area contributed by atoms with Crippen molar-refractivity contribution in [1.29, 1.82) is 0 Å². The number of ether oxygens (including phenoxy) is 2. The lowest BCUT2D eigenvalue weighted by molar-refractivity contribution is -0.119. The maximum Gasteiger partial charge on any atom is 0.274 e. The van der Waals surface area contributed by atoms with E-state index >= 15 is 0 Å². The summed E-state index contributed by atoms with van der Waals surface area (Å²) in [5.41, 5.74) is 0.00928. The highest BCUT2D eigenvalue weighted by Crippen LogP contribution is 2.42. The minimum absolute atomic E-state index is 0.0218. The number of pyridine rings is 1. The lowest BCUT2D eigenvalue weighted by Crippen LogP contribution is -2.66. The number of hydrogen-bond donors (Lipinski definition) is 0. The van der Waals surface area contributed by atoms with Crippen molar-refractivity contribution in [1.82, 2.24) is 19.9 Å². The molecule has 2 saturated heterocycles. The molecule has 136 valence electrons. The van der Waals surface area contributed by atoms with Crippen LogP contribution in [-0.4, -0.2) is 57.7 Å². The van der Waals surface area contributed by atoms with Crippen molar-refractivity contribution in [2.45, 2.75) is 18.4 Å². The highest BCUT2D eigenvalue weighted by molar-refractivity contribution is 5.92. The van der Waals surface area contributed by atoms with Gasteiger partial charge < -0.3 is 14.4 Å². The standard InChI is InChI=1S/C18H19FN4O3/c19-14-2-1-5-22-16(14)25-8-3-13-4-9-26-18(13)11-23(12-18)17(24)15-10-20-6-7-21-15/h1-2,5-7,10,13H,3-4,8-9,11-12H2/t13-/m1/s1. The molecule has 0 saturated carbocycles. The first-order valence-electron chi connectivity index (χ1n) is 8.60. The number of nitrogens with zero attached hydrogens (tertiary/aromatic N) is 4. The summed E-state index contributed by atoms with van der Waals surface area (Å²) >= 11 is 0. The van der Waals surface area contributed by atoms with E-state index in [1.807, 2.05) is 0 Å². The van der Waals surface area contributed by atoms with E-state index in [0.717, 1.165) is 12.8 Å². The summed E-state index contributed by atoms with van der Waals surface area (Å²) in [6, 6.07) is 2.85. The molecule has 0 aromatic carbocycles. The predicted molar refractivity (Wildman–Crippen MR) is 89.0 cm³/mol. The summed E-state index contributed by atoms with van der Waals surface area (Å²) in [4.78, 5) is 26.0. The van der Waals surface area contributed by atoms with Crippen LogP contribution in [0, 0.1) is 11.7 Å². The van der Waals surface area contributed by atoms with Gasteiger partial charge in [0, 0.05) is 25.2 Å². The number of carbonyl (C=O) groups is 1. The average molecular weight is 358 g/mol. The highest BCUT2D eigenvalue weighted by atomic mass is 19.1. The Labute approximate surface area is 150 Å². The molecule has 0 aliphatic carbocycles. The Morgan fingerprint density at radius 3 is 3.00 bits per heavy atom. The molecule has 1 spiro atoms. The zero-order valence-corrected chi connectivity index (χ0v) is 14.2. The highest BCUT2D eigenvalue weighted by Gasteiger charge is 2.54. The first kappa shape index (κ1) is 16.8. The topological polar surface area (TPSA) is 77.4 Å². The van der Waals surface area contributed by atoms with Gasteiger partial charge in [-0.25, -0.2) is 14.4 Å². The third-order valence-corrected chi connectivity index (χ3v) is 5.02. The normalized spacial score (nSPS) is 20.8. The van der Waals surface area contributed by atoms with E-state index < -0.39 is 5.82 Å². The van der Waals surface area contributed by atoms with Gasteiger partial charge in [-0.3, -0.25) is 9.78 Å². The van der Waals surface area contributed by atoms with Crippen molar-refractivity contribution in [2.24, 2.45) is 5.92 Å². The van der Waals surface area contributed by atoms with Gasteiger partial charge >= 0.3 is 0 Å². The van der Waals surface area contributed by atoms with Gasteiger partial charge in [0.2, 0.25) is 5.88 Å². The lowest BCUT2D eigenvalue weighted by Gasteiger charge is -2.50. The molecular formula is C18H19FN4O3. The molecule has 1 atom stereocenters. The number of hydrogen-bond acceptors (Lipinski definition) is 6. The van der Waals surface area contributed by atoms with Crippen LogP contribution in [0.3, 0.4) is 0 Å². The molecular weight excluding hydrogens is 339 g/mol. The fourth-order valence-electron chi connectivity index (χ4n) is 3.63. The van der Waals surface area contributed by atoms with Gasteiger partial charge in [0.15, 0.2) is 5.82 Å². The van der Waals surface area contributed by atoms with E-state index in [2.05, 4.69) is 15.0 Å². The molecule has 2 fully saturated rings. The van der Waals surface area contributed by atoms with Gasteiger partial charge in [0.05, 0.1) is 25.9 Å². The van der Waals surface area contributed by atoms with Gasteiger partial charge in [0.1, 0.15) is 11.3 Å². The largest absolute Gasteiger partial charge is 0.476 e. The summed E-state index contributed by atoms with van der Waals surface area (Å²) in [7, 11) is 0. The minimum atomic E-state index is -0.464. The molecule has 2 aromatic heterocycles. The maximum atomic E-state index is 13.6. The molecule has 1 amide bonds. The van der Waals surface area contributed by atoms with Crippen LogP contribution in [0.1, 0.15) is 23.3 Å². The second-order valence-corrected chi connectivity index (χ2v) is 6.58. The van der Waals surface area contributed by atoms with E-state index in [1.54, 1.807) is 4.90 Å². The van der Waals surface area contributed by atoms with Crippen LogP contribution in [0.2, 0.25) is 0 Å². The predicted octanol–water partition coefficient (Wildman–Crippen LogP) is 1.71. The molecule has 4 heterocycles. The van der Waals surface area contributed by atoms with Crippen molar-refractivity contribution in [3.8, 4) is 5.88 Å². The van der Waals surface area contributed by atoms with Gasteiger partial charge in [-0.1, -0.05) is 0 Å². The van der Waals surface area contributed by atoms with E-state index in [4.69, 9.17) is 9.47 Å². The van der Waals surface area contributed by atoms with Gasteiger partial charge in [-0.15, -0.1) is 0 Å².